The van der Waals surface area contributed by atoms with E-state index in [9.17, 15) is 4.79 Å². The van der Waals surface area contributed by atoms with E-state index in [4.69, 9.17) is 5.73 Å². The number of fused-ring (bicyclic) bond motifs is 1. The SMILES string of the molecule is CC(CCCN)C(=O)NC1CCN2CCCC2C1. The van der Waals surface area contributed by atoms with E-state index < -0.39 is 0 Å². The molecule has 2 aliphatic rings. The van der Waals surface area contributed by atoms with E-state index in [0.717, 1.165) is 38.3 Å². The molecule has 0 radical (unpaired) electrons. The number of hydrogen-bond donors (Lipinski definition) is 2. The second-order valence-electron chi connectivity index (χ2n) is 5.89. The Balaban J connectivity index is 1.74. The van der Waals surface area contributed by atoms with Crippen molar-refractivity contribution in [3.05, 3.63) is 0 Å². The number of nitrogens with two attached hydrogens (primary N) is 1. The summed E-state index contributed by atoms with van der Waals surface area (Å²) in [6.45, 7) is 5.11. The number of piperidine rings is 1. The normalized spacial score (nSPS) is 29.9. The third kappa shape index (κ3) is 3.45. The Morgan fingerprint density at radius 1 is 1.44 bits per heavy atom. The Morgan fingerprint density at radius 3 is 3.06 bits per heavy atom. The fourth-order valence-electron chi connectivity index (χ4n) is 3.25. The van der Waals surface area contributed by atoms with Gasteiger partial charge in [-0.15, -0.1) is 0 Å². The van der Waals surface area contributed by atoms with Gasteiger partial charge < -0.3 is 16.0 Å². The van der Waals surface area contributed by atoms with Gasteiger partial charge in [-0.25, -0.2) is 0 Å². The van der Waals surface area contributed by atoms with Crippen LogP contribution in [0.2, 0.25) is 0 Å². The zero-order valence-electron chi connectivity index (χ0n) is 11.5. The van der Waals surface area contributed by atoms with E-state index in [1.54, 1.807) is 0 Å². The van der Waals surface area contributed by atoms with Crippen LogP contribution in [0.15, 0.2) is 0 Å². The van der Waals surface area contributed by atoms with Gasteiger partial charge in [0.05, 0.1) is 0 Å². The molecule has 0 aromatic carbocycles. The van der Waals surface area contributed by atoms with Crippen molar-refractivity contribution in [2.75, 3.05) is 19.6 Å². The first-order valence-electron chi connectivity index (χ1n) is 7.45. The molecule has 0 aliphatic carbocycles. The molecule has 1 amide bonds. The number of amides is 1. The van der Waals surface area contributed by atoms with Gasteiger partial charge in [0, 0.05) is 24.5 Å². The van der Waals surface area contributed by atoms with E-state index in [-0.39, 0.29) is 11.8 Å². The van der Waals surface area contributed by atoms with Crippen LogP contribution in [0.1, 0.15) is 45.4 Å². The van der Waals surface area contributed by atoms with Gasteiger partial charge in [-0.05, 0) is 51.6 Å². The largest absolute Gasteiger partial charge is 0.353 e. The smallest absolute Gasteiger partial charge is 0.223 e. The maximum absolute atomic E-state index is 12.0. The molecule has 2 aliphatic heterocycles. The van der Waals surface area contributed by atoms with Gasteiger partial charge in [0.2, 0.25) is 5.91 Å². The van der Waals surface area contributed by atoms with Crippen LogP contribution in [-0.4, -0.2) is 42.5 Å². The van der Waals surface area contributed by atoms with Crippen molar-refractivity contribution in [3.8, 4) is 0 Å². The van der Waals surface area contributed by atoms with Crippen molar-refractivity contribution in [2.45, 2.75) is 57.5 Å². The molecule has 4 heteroatoms. The lowest BCUT2D eigenvalue weighted by molar-refractivity contribution is -0.125. The minimum absolute atomic E-state index is 0.107. The molecule has 0 saturated carbocycles. The lowest BCUT2D eigenvalue weighted by Crippen LogP contribution is -2.48. The summed E-state index contributed by atoms with van der Waals surface area (Å²) in [6, 6.07) is 1.13. The fourth-order valence-corrected chi connectivity index (χ4v) is 3.25. The van der Waals surface area contributed by atoms with Crippen molar-refractivity contribution in [1.29, 1.82) is 0 Å². The van der Waals surface area contributed by atoms with Gasteiger partial charge in [-0.2, -0.15) is 0 Å². The number of rotatable bonds is 5. The van der Waals surface area contributed by atoms with Gasteiger partial charge in [0.15, 0.2) is 0 Å². The molecule has 104 valence electrons. The molecule has 18 heavy (non-hydrogen) atoms. The molecule has 0 bridgehead atoms. The van der Waals surface area contributed by atoms with Crippen molar-refractivity contribution in [3.63, 3.8) is 0 Å². The molecule has 3 atom stereocenters. The molecule has 0 spiro atoms. The highest BCUT2D eigenvalue weighted by Gasteiger charge is 2.32. The highest BCUT2D eigenvalue weighted by molar-refractivity contribution is 5.78. The van der Waals surface area contributed by atoms with Crippen LogP contribution in [0.5, 0.6) is 0 Å². The Labute approximate surface area is 110 Å². The standard InChI is InChI=1S/C14H27N3O/c1-11(4-2-7-15)14(18)16-12-6-9-17-8-3-5-13(17)10-12/h11-13H,2-10,15H2,1H3,(H,16,18). The van der Waals surface area contributed by atoms with E-state index in [1.807, 2.05) is 6.92 Å². The number of carbonyl (C=O) groups excluding carboxylic acids is 1. The van der Waals surface area contributed by atoms with Gasteiger partial charge in [0.1, 0.15) is 0 Å². The third-order valence-electron chi connectivity index (χ3n) is 4.46. The summed E-state index contributed by atoms with van der Waals surface area (Å²) in [6.07, 6.45) is 6.76. The van der Waals surface area contributed by atoms with Gasteiger partial charge in [-0.1, -0.05) is 6.92 Å². The second kappa shape index (κ2) is 6.53. The maximum atomic E-state index is 12.0. The average molecular weight is 253 g/mol. The topological polar surface area (TPSA) is 58.4 Å². The number of nitrogens with one attached hydrogen (secondary N) is 1. The zero-order chi connectivity index (χ0) is 13.0. The molecule has 4 nitrogen and oxygen atoms in total. The third-order valence-corrected chi connectivity index (χ3v) is 4.46. The van der Waals surface area contributed by atoms with E-state index in [2.05, 4.69) is 10.2 Å². The molecule has 2 fully saturated rings. The first-order valence-corrected chi connectivity index (χ1v) is 7.45. The van der Waals surface area contributed by atoms with Crippen LogP contribution in [0.3, 0.4) is 0 Å². The summed E-state index contributed by atoms with van der Waals surface area (Å²) in [5.74, 6) is 0.329. The van der Waals surface area contributed by atoms with E-state index in [0.29, 0.717) is 12.6 Å². The molecule has 0 aromatic heterocycles. The molecule has 0 aromatic rings. The van der Waals surface area contributed by atoms with Gasteiger partial charge in [0.25, 0.3) is 0 Å². The lowest BCUT2D eigenvalue weighted by atomic mass is 9.96. The van der Waals surface area contributed by atoms with Crippen LogP contribution in [0.4, 0.5) is 0 Å². The summed E-state index contributed by atoms with van der Waals surface area (Å²) in [7, 11) is 0. The summed E-state index contributed by atoms with van der Waals surface area (Å²) in [4.78, 5) is 14.6. The zero-order valence-corrected chi connectivity index (χ0v) is 11.5. The van der Waals surface area contributed by atoms with Crippen molar-refractivity contribution in [1.82, 2.24) is 10.2 Å². The van der Waals surface area contributed by atoms with Gasteiger partial charge in [-0.3, -0.25) is 4.79 Å². The average Bonchev–Trinajstić information content (AvgIpc) is 2.83. The van der Waals surface area contributed by atoms with Crippen molar-refractivity contribution in [2.24, 2.45) is 11.7 Å². The molecule has 2 saturated heterocycles. The minimum Gasteiger partial charge on any atom is -0.353 e. The Morgan fingerprint density at radius 2 is 2.28 bits per heavy atom. The first-order chi connectivity index (χ1) is 8.70. The highest BCUT2D eigenvalue weighted by atomic mass is 16.1. The van der Waals surface area contributed by atoms with Crippen LogP contribution < -0.4 is 11.1 Å². The van der Waals surface area contributed by atoms with Crippen LogP contribution in [-0.2, 0) is 4.79 Å². The quantitative estimate of drug-likeness (QED) is 0.771. The Bertz CT molecular complexity index is 282. The Kier molecular flexibility index (Phi) is 5.01. The predicted molar refractivity (Wildman–Crippen MR) is 73.2 cm³/mol. The number of carbonyl (C=O) groups is 1. The molecule has 3 unspecified atom stereocenters. The van der Waals surface area contributed by atoms with Crippen LogP contribution >= 0.6 is 0 Å². The van der Waals surface area contributed by atoms with Crippen molar-refractivity contribution >= 4 is 5.91 Å². The number of hydrogen-bond acceptors (Lipinski definition) is 3. The summed E-state index contributed by atoms with van der Waals surface area (Å²) < 4.78 is 0. The second-order valence-corrected chi connectivity index (χ2v) is 5.89. The summed E-state index contributed by atoms with van der Waals surface area (Å²) >= 11 is 0. The maximum Gasteiger partial charge on any atom is 0.223 e. The van der Waals surface area contributed by atoms with Crippen molar-refractivity contribution < 1.29 is 4.79 Å². The predicted octanol–water partition coefficient (Wildman–Crippen LogP) is 1.10. The molecule has 2 heterocycles. The van der Waals surface area contributed by atoms with E-state index >= 15 is 0 Å². The summed E-state index contributed by atoms with van der Waals surface area (Å²) in [5, 5.41) is 3.23. The molecular formula is C14H27N3O. The monoisotopic (exact) mass is 253 g/mol. The first kappa shape index (κ1) is 13.8. The fraction of sp³-hybridized carbons (Fsp3) is 0.929. The molecule has 3 N–H and O–H groups in total. The van der Waals surface area contributed by atoms with Crippen LogP contribution in [0.25, 0.3) is 0 Å². The highest BCUT2D eigenvalue weighted by Crippen LogP contribution is 2.27. The van der Waals surface area contributed by atoms with Gasteiger partial charge >= 0.3 is 0 Å². The number of nitrogens with zero attached hydrogens (tertiary/aromatic N) is 1. The molecular weight excluding hydrogens is 226 g/mol. The minimum atomic E-state index is 0.107. The Hall–Kier alpha value is -0.610. The van der Waals surface area contributed by atoms with Crippen LogP contribution in [0, 0.1) is 5.92 Å². The van der Waals surface area contributed by atoms with E-state index in [1.165, 1.54) is 19.4 Å². The molecule has 2 rings (SSSR count). The summed E-state index contributed by atoms with van der Waals surface area (Å²) in [5.41, 5.74) is 5.48. The lowest BCUT2D eigenvalue weighted by Gasteiger charge is -2.35.